The fourth-order valence-corrected chi connectivity index (χ4v) is 4.69. The van der Waals surface area contributed by atoms with Crippen molar-refractivity contribution in [2.75, 3.05) is 44.1 Å². The minimum absolute atomic E-state index is 0.300. The van der Waals surface area contributed by atoms with Gasteiger partial charge >= 0.3 is 0 Å². The van der Waals surface area contributed by atoms with Gasteiger partial charge in [0.05, 0.1) is 11.2 Å². The highest BCUT2D eigenvalue weighted by molar-refractivity contribution is 7.85. The van der Waals surface area contributed by atoms with E-state index in [0.717, 1.165) is 83.4 Å². The topological polar surface area (TPSA) is 118 Å². The van der Waals surface area contributed by atoms with Crippen LogP contribution in [0.2, 0.25) is 0 Å². The first-order valence-corrected chi connectivity index (χ1v) is 14.0. The Bertz CT molecular complexity index is 1540. The maximum atomic E-state index is 9.19. The van der Waals surface area contributed by atoms with E-state index < -0.39 is 10.1 Å². The molecule has 12 heteroatoms. The molecule has 2 aromatic carbocycles. The molecule has 0 saturated carbocycles. The molecule has 0 spiro atoms. The molecule has 10 nitrogen and oxygen atoms in total. The zero-order valence-electron chi connectivity index (χ0n) is 20.2. The maximum absolute atomic E-state index is 9.19. The number of aryl methyl sites for hydroxylation is 1. The van der Waals surface area contributed by atoms with Crippen molar-refractivity contribution in [2.24, 2.45) is 0 Å². The zero-order valence-corrected chi connectivity index (χ0v) is 21.8. The number of hydrogen-bond donors (Lipinski definition) is 1. The lowest BCUT2D eigenvalue weighted by atomic mass is 10.1. The first-order valence-electron chi connectivity index (χ1n) is 11.7. The minimum Gasteiger partial charge on any atom is -0.454 e. The summed E-state index contributed by atoms with van der Waals surface area (Å²) in [6, 6.07) is 14.1. The third-order valence-corrected chi connectivity index (χ3v) is 6.60. The molecule has 0 amide bonds. The number of rotatable bonds is 4. The quantitative estimate of drug-likeness (QED) is 0.300. The van der Waals surface area contributed by atoms with Crippen molar-refractivity contribution in [2.45, 2.75) is 12.8 Å². The Hall–Kier alpha value is -3.48. The molecular formula is C25H26N4O6S2. The molecule has 0 bridgehead atoms. The van der Waals surface area contributed by atoms with E-state index in [-0.39, 0.29) is 0 Å². The van der Waals surface area contributed by atoms with Crippen molar-refractivity contribution >= 4 is 55.2 Å². The number of thiocarbonyl (C=S) groups is 1. The molecule has 4 heterocycles. The predicted molar refractivity (Wildman–Crippen MR) is 144 cm³/mol. The van der Waals surface area contributed by atoms with Gasteiger partial charge in [-0.2, -0.15) is 8.42 Å². The summed E-state index contributed by atoms with van der Waals surface area (Å²) in [5, 5.41) is 1.02. The van der Waals surface area contributed by atoms with Crippen molar-refractivity contribution in [3.05, 3.63) is 54.4 Å². The normalized spacial score (nSPS) is 15.1. The summed E-state index contributed by atoms with van der Waals surface area (Å²) in [5.74, 6) is 2.50. The minimum atomic E-state index is -3.67. The second kappa shape index (κ2) is 10.5. The van der Waals surface area contributed by atoms with Crippen molar-refractivity contribution in [3.8, 4) is 11.5 Å². The third kappa shape index (κ3) is 5.92. The first-order chi connectivity index (χ1) is 17.8. The average Bonchev–Trinajstić information content (AvgIpc) is 3.50. The Morgan fingerprint density at radius 1 is 1.05 bits per heavy atom. The Morgan fingerprint density at radius 2 is 1.78 bits per heavy atom. The molecule has 2 aromatic heterocycles. The van der Waals surface area contributed by atoms with Crippen LogP contribution in [0.1, 0.15) is 12.0 Å². The van der Waals surface area contributed by atoms with Crippen LogP contribution in [0, 0.1) is 0 Å². The summed E-state index contributed by atoms with van der Waals surface area (Å²) in [7, 11) is -3.67. The molecule has 194 valence electrons. The fraction of sp³-hybridized carbons (Fsp3) is 0.320. The maximum Gasteiger partial charge on any atom is 0.261 e. The highest BCUT2D eigenvalue weighted by Crippen LogP contribution is 2.34. The van der Waals surface area contributed by atoms with Gasteiger partial charge in [0.2, 0.25) is 6.79 Å². The van der Waals surface area contributed by atoms with E-state index in [1.165, 1.54) is 5.56 Å². The number of anilines is 1. The van der Waals surface area contributed by atoms with Gasteiger partial charge in [-0.1, -0.05) is 30.4 Å². The molecular weight excluding hydrogens is 516 g/mol. The fourth-order valence-electron chi connectivity index (χ4n) is 4.41. The lowest BCUT2D eigenvalue weighted by Crippen LogP contribution is -2.48. The van der Waals surface area contributed by atoms with Gasteiger partial charge in [0.1, 0.15) is 17.4 Å². The number of benzene rings is 2. The Morgan fingerprint density at radius 3 is 2.57 bits per heavy atom. The molecule has 4 aromatic rings. The molecule has 6 rings (SSSR count). The molecule has 1 fully saturated rings. The molecule has 0 aliphatic carbocycles. The third-order valence-electron chi connectivity index (χ3n) is 6.14. The van der Waals surface area contributed by atoms with Gasteiger partial charge in [0.15, 0.2) is 22.9 Å². The number of furan rings is 1. The summed E-state index contributed by atoms with van der Waals surface area (Å²) >= 11 is 5.76. The SMILES string of the molecule is CS(=O)(=O)O.S=C(CCc1ccc2c(c1)OCO2)N1CCN(c2ncnc3c2oc2ccccc23)CC1. The van der Waals surface area contributed by atoms with Crippen LogP contribution in [0.3, 0.4) is 0 Å². The van der Waals surface area contributed by atoms with Gasteiger partial charge in [-0.25, -0.2) is 9.97 Å². The number of fused-ring (bicyclic) bond motifs is 4. The second-order valence-corrected chi connectivity index (χ2v) is 10.7. The van der Waals surface area contributed by atoms with Gasteiger partial charge in [-0.05, 0) is 36.2 Å². The average molecular weight is 543 g/mol. The zero-order chi connectivity index (χ0) is 26.0. The summed E-state index contributed by atoms with van der Waals surface area (Å²) in [5.41, 5.74) is 3.68. The van der Waals surface area contributed by atoms with Gasteiger partial charge in [0, 0.05) is 38.0 Å². The van der Waals surface area contributed by atoms with Crippen LogP contribution in [0.5, 0.6) is 11.5 Å². The standard InChI is InChI=1S/C24H22N4O3S.CH4O3S/c32-21(8-6-16-5-7-19-20(13-16)30-15-29-19)27-9-11-28(12-10-27)24-23-22(25-14-26-24)17-3-1-2-4-18(17)31-23;1-5(2,3)4/h1-5,7,13-14H,6,8-12,15H2;1H3,(H,2,3,4). The highest BCUT2D eigenvalue weighted by Gasteiger charge is 2.24. The Balaban J connectivity index is 0.000000514. The van der Waals surface area contributed by atoms with Crippen molar-refractivity contribution < 1.29 is 26.9 Å². The van der Waals surface area contributed by atoms with Gasteiger partial charge < -0.3 is 23.7 Å². The lowest BCUT2D eigenvalue weighted by Gasteiger charge is -2.36. The summed E-state index contributed by atoms with van der Waals surface area (Å²) in [6.45, 7) is 3.71. The number of nitrogens with zero attached hydrogens (tertiary/aromatic N) is 4. The number of para-hydroxylation sites is 1. The highest BCUT2D eigenvalue weighted by atomic mass is 32.2. The predicted octanol–water partition coefficient (Wildman–Crippen LogP) is 3.69. The lowest BCUT2D eigenvalue weighted by molar-refractivity contribution is 0.174. The summed E-state index contributed by atoms with van der Waals surface area (Å²) < 4.78 is 42.8. The number of piperazine rings is 1. The van der Waals surface area contributed by atoms with Crippen LogP contribution in [0.15, 0.2) is 53.2 Å². The van der Waals surface area contributed by atoms with Gasteiger partial charge in [0.25, 0.3) is 10.1 Å². The monoisotopic (exact) mass is 542 g/mol. The van der Waals surface area contributed by atoms with E-state index in [4.69, 9.17) is 30.7 Å². The molecule has 1 N–H and O–H groups in total. The molecule has 37 heavy (non-hydrogen) atoms. The number of aromatic nitrogens is 2. The molecule has 0 atom stereocenters. The van der Waals surface area contributed by atoms with E-state index in [9.17, 15) is 8.42 Å². The van der Waals surface area contributed by atoms with Gasteiger partial charge in [-0.3, -0.25) is 4.55 Å². The Labute approximate surface area is 219 Å². The van der Waals surface area contributed by atoms with Crippen molar-refractivity contribution in [3.63, 3.8) is 0 Å². The molecule has 0 unspecified atom stereocenters. The number of ether oxygens (including phenoxy) is 2. The molecule has 2 aliphatic rings. The summed E-state index contributed by atoms with van der Waals surface area (Å²) in [4.78, 5) is 14.6. The van der Waals surface area contributed by atoms with Crippen LogP contribution in [0.4, 0.5) is 5.82 Å². The number of hydrogen-bond acceptors (Lipinski definition) is 9. The molecule has 2 aliphatic heterocycles. The van der Waals surface area contributed by atoms with Crippen LogP contribution in [0.25, 0.3) is 22.1 Å². The van der Waals surface area contributed by atoms with E-state index in [1.54, 1.807) is 6.33 Å². The molecule has 1 saturated heterocycles. The van der Waals surface area contributed by atoms with Crippen LogP contribution in [-0.2, 0) is 16.5 Å². The first kappa shape index (κ1) is 25.2. The van der Waals surface area contributed by atoms with E-state index in [2.05, 4.69) is 31.9 Å². The van der Waals surface area contributed by atoms with E-state index in [1.807, 2.05) is 30.3 Å². The van der Waals surface area contributed by atoms with Crippen molar-refractivity contribution in [1.29, 1.82) is 0 Å². The van der Waals surface area contributed by atoms with E-state index in [0.29, 0.717) is 13.0 Å². The van der Waals surface area contributed by atoms with Crippen LogP contribution >= 0.6 is 12.2 Å². The Kier molecular flexibility index (Phi) is 7.13. The smallest absolute Gasteiger partial charge is 0.261 e. The molecule has 0 radical (unpaired) electrons. The second-order valence-electron chi connectivity index (χ2n) is 8.76. The van der Waals surface area contributed by atoms with Crippen LogP contribution in [-0.4, -0.2) is 72.1 Å². The van der Waals surface area contributed by atoms with Crippen LogP contribution < -0.4 is 14.4 Å². The van der Waals surface area contributed by atoms with Gasteiger partial charge in [-0.15, -0.1) is 0 Å². The summed E-state index contributed by atoms with van der Waals surface area (Å²) in [6.07, 6.45) is 4.08. The van der Waals surface area contributed by atoms with Crippen molar-refractivity contribution in [1.82, 2.24) is 14.9 Å². The van der Waals surface area contributed by atoms with E-state index >= 15 is 0 Å². The largest absolute Gasteiger partial charge is 0.454 e.